The molecule has 1 aromatic rings. The molecule has 0 aromatic heterocycles. The molecule has 0 aliphatic heterocycles. The van der Waals surface area contributed by atoms with Gasteiger partial charge in [0.1, 0.15) is 11.6 Å². The van der Waals surface area contributed by atoms with Crippen molar-refractivity contribution in [3.63, 3.8) is 0 Å². The lowest BCUT2D eigenvalue weighted by atomic mass is 10.1. The van der Waals surface area contributed by atoms with Gasteiger partial charge >= 0.3 is 0 Å². The summed E-state index contributed by atoms with van der Waals surface area (Å²) >= 11 is 0. The van der Waals surface area contributed by atoms with E-state index in [0.29, 0.717) is 6.04 Å². The Balaban J connectivity index is 2.36. The largest absolute Gasteiger partial charge is 0.368 e. The highest BCUT2D eigenvalue weighted by Crippen LogP contribution is 2.34. The maximum Gasteiger partial charge on any atom is 0.289 e. The normalized spacial score (nSPS) is 14.0. The van der Waals surface area contributed by atoms with Crippen molar-refractivity contribution >= 4 is 11.4 Å². The van der Waals surface area contributed by atoms with Crippen LogP contribution in [0.5, 0.6) is 0 Å². The van der Waals surface area contributed by atoms with Crippen molar-refractivity contribution in [1.29, 1.82) is 5.26 Å². The Bertz CT molecular complexity index is 503. The maximum absolute atomic E-state index is 10.9. The van der Waals surface area contributed by atoms with Crippen molar-refractivity contribution in [3.05, 3.63) is 33.9 Å². The Morgan fingerprint density at radius 1 is 1.56 bits per heavy atom. The zero-order chi connectivity index (χ0) is 13.1. The van der Waals surface area contributed by atoms with E-state index < -0.39 is 4.92 Å². The van der Waals surface area contributed by atoms with Crippen LogP contribution in [0.4, 0.5) is 11.4 Å². The van der Waals surface area contributed by atoms with Crippen molar-refractivity contribution in [1.82, 2.24) is 0 Å². The quantitative estimate of drug-likeness (QED) is 0.590. The van der Waals surface area contributed by atoms with Gasteiger partial charge in [-0.25, -0.2) is 0 Å². The summed E-state index contributed by atoms with van der Waals surface area (Å²) < 4.78 is 0. The molecule has 0 unspecified atom stereocenters. The summed E-state index contributed by atoms with van der Waals surface area (Å²) in [4.78, 5) is 12.7. The Morgan fingerprint density at radius 2 is 2.28 bits per heavy atom. The molecule has 1 aromatic carbocycles. The van der Waals surface area contributed by atoms with Crippen molar-refractivity contribution in [3.8, 4) is 6.07 Å². The van der Waals surface area contributed by atoms with Crippen LogP contribution < -0.4 is 4.90 Å². The first-order chi connectivity index (χ1) is 8.67. The van der Waals surface area contributed by atoms with E-state index in [9.17, 15) is 10.1 Å². The number of nitriles is 1. The molecule has 5 nitrogen and oxygen atoms in total. The van der Waals surface area contributed by atoms with Crippen LogP contribution in [0.1, 0.15) is 31.7 Å². The topological polar surface area (TPSA) is 70.2 Å². The fourth-order valence-corrected chi connectivity index (χ4v) is 2.09. The van der Waals surface area contributed by atoms with E-state index in [1.165, 1.54) is 6.07 Å². The molecular weight excluding hydrogens is 230 g/mol. The van der Waals surface area contributed by atoms with Gasteiger partial charge in [0.25, 0.3) is 5.69 Å². The molecule has 0 saturated heterocycles. The Kier molecular flexibility index (Phi) is 3.47. The van der Waals surface area contributed by atoms with Crippen molar-refractivity contribution in [2.75, 3.05) is 11.4 Å². The highest BCUT2D eigenvalue weighted by Gasteiger charge is 2.29. The molecule has 2 rings (SSSR count). The van der Waals surface area contributed by atoms with E-state index in [1.54, 1.807) is 12.1 Å². The van der Waals surface area contributed by atoms with Gasteiger partial charge in [0.05, 0.1) is 4.92 Å². The molecule has 0 heterocycles. The first kappa shape index (κ1) is 12.4. The molecule has 0 atom stereocenters. The summed E-state index contributed by atoms with van der Waals surface area (Å²) in [6, 6.07) is 7.24. The summed E-state index contributed by atoms with van der Waals surface area (Å²) in [5.41, 5.74) is 0.873. The lowest BCUT2D eigenvalue weighted by molar-refractivity contribution is -0.385. The molecule has 0 N–H and O–H groups in total. The monoisotopic (exact) mass is 245 g/mol. The molecule has 0 spiro atoms. The smallest absolute Gasteiger partial charge is 0.289 e. The second kappa shape index (κ2) is 5.05. The van der Waals surface area contributed by atoms with Gasteiger partial charge in [-0.05, 0) is 31.4 Å². The number of nitro groups is 1. The third kappa shape index (κ3) is 2.43. The van der Waals surface area contributed by atoms with Gasteiger partial charge in [-0.1, -0.05) is 6.92 Å². The van der Waals surface area contributed by atoms with Crippen molar-refractivity contribution in [2.45, 2.75) is 32.2 Å². The van der Waals surface area contributed by atoms with Crippen LogP contribution in [-0.4, -0.2) is 17.5 Å². The van der Waals surface area contributed by atoms with Crippen LogP contribution >= 0.6 is 0 Å². The lowest BCUT2D eigenvalue weighted by Crippen LogP contribution is -2.26. The lowest BCUT2D eigenvalue weighted by Gasteiger charge is -2.23. The number of hydrogen-bond acceptors (Lipinski definition) is 4. The molecule has 18 heavy (non-hydrogen) atoms. The standard InChI is InChI=1S/C13H15N3O2/c1-2-7-15(11-5-6-11)12-4-3-10(9-14)13(8-12)16(17)18/h3-4,8,11H,2,5-7H2,1H3. The summed E-state index contributed by atoms with van der Waals surface area (Å²) in [6.07, 6.45) is 3.30. The predicted octanol–water partition coefficient (Wildman–Crippen LogP) is 2.85. The molecule has 94 valence electrons. The minimum Gasteiger partial charge on any atom is -0.368 e. The number of rotatable bonds is 5. The van der Waals surface area contributed by atoms with Crippen LogP contribution in [0.15, 0.2) is 18.2 Å². The first-order valence-electron chi connectivity index (χ1n) is 6.12. The molecule has 5 heteroatoms. The van der Waals surface area contributed by atoms with Crippen LogP contribution in [0.3, 0.4) is 0 Å². The van der Waals surface area contributed by atoms with E-state index in [4.69, 9.17) is 5.26 Å². The highest BCUT2D eigenvalue weighted by molar-refractivity contribution is 5.61. The van der Waals surface area contributed by atoms with Crippen LogP contribution in [0, 0.1) is 21.4 Å². The van der Waals surface area contributed by atoms with Gasteiger partial charge in [-0.3, -0.25) is 10.1 Å². The number of nitro benzene ring substituents is 1. The second-order valence-corrected chi connectivity index (χ2v) is 4.49. The van der Waals surface area contributed by atoms with Gasteiger partial charge in [0, 0.05) is 24.3 Å². The molecule has 1 aliphatic carbocycles. The summed E-state index contributed by atoms with van der Waals surface area (Å²) in [5.74, 6) is 0. The summed E-state index contributed by atoms with van der Waals surface area (Å²) in [7, 11) is 0. The second-order valence-electron chi connectivity index (χ2n) is 4.49. The maximum atomic E-state index is 10.9. The highest BCUT2D eigenvalue weighted by atomic mass is 16.6. The molecule has 0 amide bonds. The molecule has 0 radical (unpaired) electrons. The van der Waals surface area contributed by atoms with Gasteiger partial charge < -0.3 is 4.90 Å². The number of benzene rings is 1. The van der Waals surface area contributed by atoms with Crippen LogP contribution in [0.25, 0.3) is 0 Å². The average molecular weight is 245 g/mol. The summed E-state index contributed by atoms with van der Waals surface area (Å²) in [6.45, 7) is 2.99. The zero-order valence-corrected chi connectivity index (χ0v) is 10.3. The van der Waals surface area contributed by atoms with Crippen molar-refractivity contribution in [2.24, 2.45) is 0 Å². The number of nitrogens with zero attached hydrogens (tertiary/aromatic N) is 3. The zero-order valence-electron chi connectivity index (χ0n) is 10.3. The minimum absolute atomic E-state index is 0.100. The Hall–Kier alpha value is -2.09. The Labute approximate surface area is 106 Å². The predicted molar refractivity (Wildman–Crippen MR) is 68.5 cm³/mol. The fourth-order valence-electron chi connectivity index (χ4n) is 2.09. The molecule has 1 saturated carbocycles. The number of anilines is 1. The first-order valence-corrected chi connectivity index (χ1v) is 6.12. The molecule has 1 aliphatic rings. The van der Waals surface area contributed by atoms with E-state index in [2.05, 4.69) is 11.8 Å². The summed E-state index contributed by atoms with van der Waals surface area (Å²) in [5, 5.41) is 19.8. The van der Waals surface area contributed by atoms with Gasteiger partial charge in [0.15, 0.2) is 0 Å². The SMILES string of the molecule is CCCN(c1ccc(C#N)c([N+](=O)[O-])c1)C1CC1. The molecule has 1 fully saturated rings. The van der Waals surface area contributed by atoms with E-state index in [-0.39, 0.29) is 11.3 Å². The van der Waals surface area contributed by atoms with Crippen LogP contribution in [-0.2, 0) is 0 Å². The van der Waals surface area contributed by atoms with Gasteiger partial charge in [-0.2, -0.15) is 5.26 Å². The van der Waals surface area contributed by atoms with Crippen molar-refractivity contribution < 1.29 is 4.92 Å². The minimum atomic E-state index is -0.487. The average Bonchev–Trinajstić information content (AvgIpc) is 3.19. The van der Waals surface area contributed by atoms with Crippen LogP contribution in [0.2, 0.25) is 0 Å². The van der Waals surface area contributed by atoms with Gasteiger partial charge in [0.2, 0.25) is 0 Å². The fraction of sp³-hybridized carbons (Fsp3) is 0.462. The van der Waals surface area contributed by atoms with E-state index in [1.807, 2.05) is 6.07 Å². The van der Waals surface area contributed by atoms with Gasteiger partial charge in [-0.15, -0.1) is 0 Å². The van der Waals surface area contributed by atoms with E-state index in [0.717, 1.165) is 31.5 Å². The Morgan fingerprint density at radius 3 is 2.78 bits per heavy atom. The molecule has 0 bridgehead atoms. The van der Waals surface area contributed by atoms with E-state index >= 15 is 0 Å². The third-order valence-corrected chi connectivity index (χ3v) is 3.08. The third-order valence-electron chi connectivity index (χ3n) is 3.08. The number of hydrogen-bond donors (Lipinski definition) is 0. The molecular formula is C13H15N3O2.